The van der Waals surface area contributed by atoms with E-state index in [0.717, 1.165) is 0 Å². The monoisotopic (exact) mass is 281 g/mol. The third-order valence-corrected chi connectivity index (χ3v) is 2.85. The highest BCUT2D eigenvalue weighted by atomic mass is 35.5. The van der Waals surface area contributed by atoms with E-state index >= 15 is 0 Å². The Morgan fingerprint density at radius 3 is 2.63 bits per heavy atom. The van der Waals surface area contributed by atoms with Crippen LogP contribution in [0.2, 0.25) is 5.02 Å². The molecule has 0 bridgehead atoms. The number of halogens is 2. The number of nitro groups is 1. The zero-order valence-corrected chi connectivity index (χ0v) is 10.4. The molecule has 0 saturated heterocycles. The van der Waals surface area contributed by atoms with Crippen molar-refractivity contribution in [2.24, 2.45) is 0 Å². The maximum atomic E-state index is 13.4. The van der Waals surface area contributed by atoms with Gasteiger partial charge in [0.25, 0.3) is 5.69 Å². The van der Waals surface area contributed by atoms with Crippen molar-refractivity contribution in [2.75, 3.05) is 0 Å². The minimum absolute atomic E-state index is 0.0247. The van der Waals surface area contributed by atoms with E-state index < -0.39 is 10.7 Å². The van der Waals surface area contributed by atoms with Crippen molar-refractivity contribution in [2.45, 2.75) is 6.61 Å². The van der Waals surface area contributed by atoms with Gasteiger partial charge >= 0.3 is 0 Å². The van der Waals surface area contributed by atoms with E-state index in [2.05, 4.69) is 0 Å². The number of rotatable bonds is 4. The molecule has 2 aromatic rings. The van der Waals surface area contributed by atoms with Crippen molar-refractivity contribution < 1.29 is 14.1 Å². The van der Waals surface area contributed by atoms with E-state index in [-0.39, 0.29) is 28.6 Å². The molecule has 19 heavy (non-hydrogen) atoms. The average molecular weight is 282 g/mol. The molecule has 0 aliphatic heterocycles. The van der Waals surface area contributed by atoms with Crippen LogP contribution in [-0.4, -0.2) is 4.92 Å². The Hall–Kier alpha value is -2.14. The van der Waals surface area contributed by atoms with Crippen molar-refractivity contribution in [1.29, 1.82) is 0 Å². The molecule has 2 rings (SSSR count). The van der Waals surface area contributed by atoms with Crippen molar-refractivity contribution >= 4 is 17.3 Å². The maximum absolute atomic E-state index is 13.4. The highest BCUT2D eigenvalue weighted by Crippen LogP contribution is 2.28. The third kappa shape index (κ3) is 3.00. The van der Waals surface area contributed by atoms with E-state index in [1.54, 1.807) is 6.07 Å². The van der Waals surface area contributed by atoms with Crippen molar-refractivity contribution in [3.05, 3.63) is 69.0 Å². The number of nitrogens with zero attached hydrogens (tertiary/aromatic N) is 1. The van der Waals surface area contributed by atoms with Crippen molar-refractivity contribution in [3.63, 3.8) is 0 Å². The summed E-state index contributed by atoms with van der Waals surface area (Å²) in [5.74, 6) is -0.506. The van der Waals surface area contributed by atoms with Gasteiger partial charge in [0.05, 0.1) is 15.5 Å². The molecule has 0 spiro atoms. The van der Waals surface area contributed by atoms with Crippen LogP contribution in [0, 0.1) is 15.9 Å². The zero-order chi connectivity index (χ0) is 13.8. The average Bonchev–Trinajstić information content (AvgIpc) is 2.38. The van der Waals surface area contributed by atoms with Crippen LogP contribution < -0.4 is 4.74 Å². The number of ether oxygens (including phenoxy) is 1. The SMILES string of the molecule is O=[N+]([O-])c1cccc(Cl)c1COc1ccccc1F. The molecular weight excluding hydrogens is 273 g/mol. The molecule has 0 fully saturated rings. The quantitative estimate of drug-likeness (QED) is 0.629. The van der Waals surface area contributed by atoms with Gasteiger partial charge in [-0.2, -0.15) is 0 Å². The van der Waals surface area contributed by atoms with Crippen LogP contribution in [0.3, 0.4) is 0 Å². The lowest BCUT2D eigenvalue weighted by molar-refractivity contribution is -0.385. The molecule has 0 aliphatic rings. The van der Waals surface area contributed by atoms with Gasteiger partial charge in [-0.3, -0.25) is 10.1 Å². The molecule has 0 radical (unpaired) electrons. The highest BCUT2D eigenvalue weighted by Gasteiger charge is 2.17. The van der Waals surface area contributed by atoms with Crippen LogP contribution in [-0.2, 0) is 6.61 Å². The van der Waals surface area contributed by atoms with Crippen LogP contribution in [0.5, 0.6) is 5.75 Å². The van der Waals surface area contributed by atoms with Crippen LogP contribution >= 0.6 is 11.6 Å². The van der Waals surface area contributed by atoms with Gasteiger partial charge in [-0.05, 0) is 18.2 Å². The summed E-state index contributed by atoms with van der Waals surface area (Å²) in [5.41, 5.74) is 0.0706. The normalized spacial score (nSPS) is 10.2. The molecule has 2 aromatic carbocycles. The molecule has 4 nitrogen and oxygen atoms in total. The van der Waals surface area contributed by atoms with E-state index in [0.29, 0.717) is 0 Å². The van der Waals surface area contributed by atoms with Gasteiger partial charge < -0.3 is 4.74 Å². The molecule has 0 N–H and O–H groups in total. The summed E-state index contributed by atoms with van der Waals surface area (Å²) in [5, 5.41) is 11.1. The first-order chi connectivity index (χ1) is 9.09. The third-order valence-electron chi connectivity index (χ3n) is 2.50. The lowest BCUT2D eigenvalue weighted by atomic mass is 10.2. The fourth-order valence-corrected chi connectivity index (χ4v) is 1.80. The Kier molecular flexibility index (Phi) is 3.97. The van der Waals surface area contributed by atoms with E-state index in [1.807, 2.05) is 0 Å². The molecule has 0 atom stereocenters. The fourth-order valence-electron chi connectivity index (χ4n) is 1.57. The van der Waals surface area contributed by atoms with Crippen LogP contribution in [0.15, 0.2) is 42.5 Å². The summed E-state index contributed by atoms with van der Waals surface area (Å²) in [6.07, 6.45) is 0. The largest absolute Gasteiger partial charge is 0.486 e. The molecule has 0 unspecified atom stereocenters. The lowest BCUT2D eigenvalue weighted by Gasteiger charge is -2.08. The second-order valence-electron chi connectivity index (χ2n) is 3.71. The van der Waals surface area contributed by atoms with Crippen LogP contribution in [0.1, 0.15) is 5.56 Å². The van der Waals surface area contributed by atoms with Crippen LogP contribution in [0.4, 0.5) is 10.1 Å². The Labute approximate surface area is 113 Å². The Bertz CT molecular complexity index is 619. The Balaban J connectivity index is 2.25. The number of para-hydroxylation sites is 1. The van der Waals surface area contributed by atoms with Gasteiger partial charge in [-0.15, -0.1) is 0 Å². The zero-order valence-electron chi connectivity index (χ0n) is 9.68. The second-order valence-corrected chi connectivity index (χ2v) is 4.12. The summed E-state index contributed by atoms with van der Waals surface area (Å²) in [7, 11) is 0. The predicted octanol–water partition coefficient (Wildman–Crippen LogP) is 3.97. The number of benzene rings is 2. The van der Waals surface area contributed by atoms with Crippen molar-refractivity contribution in [3.8, 4) is 5.75 Å². The second kappa shape index (κ2) is 5.67. The molecule has 0 heterocycles. The molecule has 0 amide bonds. The van der Waals surface area contributed by atoms with E-state index in [4.69, 9.17) is 16.3 Å². The first-order valence-electron chi connectivity index (χ1n) is 5.38. The Morgan fingerprint density at radius 1 is 1.21 bits per heavy atom. The van der Waals surface area contributed by atoms with Gasteiger partial charge in [0.2, 0.25) is 0 Å². The van der Waals surface area contributed by atoms with E-state index in [1.165, 1.54) is 36.4 Å². The summed E-state index contributed by atoms with van der Waals surface area (Å²) in [4.78, 5) is 10.3. The standard InChI is InChI=1S/C13H9ClFNO3/c14-10-4-3-6-12(16(17)18)9(10)8-19-13-7-2-1-5-11(13)15/h1-7H,8H2. The Morgan fingerprint density at radius 2 is 1.95 bits per heavy atom. The van der Waals surface area contributed by atoms with Gasteiger partial charge in [-0.1, -0.05) is 29.8 Å². The van der Waals surface area contributed by atoms with Crippen LogP contribution in [0.25, 0.3) is 0 Å². The fraction of sp³-hybridized carbons (Fsp3) is 0.0769. The maximum Gasteiger partial charge on any atom is 0.277 e. The molecule has 0 saturated carbocycles. The molecule has 0 aromatic heterocycles. The number of hydrogen-bond donors (Lipinski definition) is 0. The smallest absolute Gasteiger partial charge is 0.277 e. The first-order valence-corrected chi connectivity index (χ1v) is 5.76. The minimum atomic E-state index is -0.550. The van der Waals surface area contributed by atoms with Gasteiger partial charge in [0.15, 0.2) is 11.6 Å². The summed E-state index contributed by atoms with van der Waals surface area (Å²) in [6, 6.07) is 10.2. The first kappa shape index (κ1) is 13.3. The summed E-state index contributed by atoms with van der Waals surface area (Å²) < 4.78 is 18.6. The molecule has 98 valence electrons. The lowest BCUT2D eigenvalue weighted by Crippen LogP contribution is -2.02. The van der Waals surface area contributed by atoms with E-state index in [9.17, 15) is 14.5 Å². The summed E-state index contributed by atoms with van der Waals surface area (Å²) >= 11 is 5.90. The number of nitro benzene ring substituents is 1. The minimum Gasteiger partial charge on any atom is -0.486 e. The molecule has 0 aliphatic carbocycles. The van der Waals surface area contributed by atoms with Gasteiger partial charge in [0, 0.05) is 6.07 Å². The van der Waals surface area contributed by atoms with Gasteiger partial charge in [-0.25, -0.2) is 4.39 Å². The summed E-state index contributed by atoms with van der Waals surface area (Å²) in [6.45, 7) is -0.170. The topological polar surface area (TPSA) is 52.4 Å². The molecule has 6 heteroatoms. The van der Waals surface area contributed by atoms with Gasteiger partial charge in [0.1, 0.15) is 6.61 Å². The number of hydrogen-bond acceptors (Lipinski definition) is 3. The molecular formula is C13H9ClFNO3. The van der Waals surface area contributed by atoms with Crippen molar-refractivity contribution in [1.82, 2.24) is 0 Å². The highest BCUT2D eigenvalue weighted by molar-refractivity contribution is 6.31. The predicted molar refractivity (Wildman–Crippen MR) is 68.8 cm³/mol.